The SMILES string of the molecule is Cn1cnn(CCNCc2ccccn2)c1=O. The van der Waals surface area contributed by atoms with Crippen LogP contribution in [0.3, 0.4) is 0 Å². The zero-order chi connectivity index (χ0) is 12.1. The Balaban J connectivity index is 1.77. The second-order valence-electron chi connectivity index (χ2n) is 3.75. The van der Waals surface area contributed by atoms with Crippen LogP contribution in [0.5, 0.6) is 0 Å². The molecule has 2 aromatic rings. The molecule has 17 heavy (non-hydrogen) atoms. The maximum absolute atomic E-state index is 11.5. The molecule has 0 fully saturated rings. The van der Waals surface area contributed by atoms with Gasteiger partial charge in [-0.3, -0.25) is 9.55 Å². The molecule has 0 amide bonds. The molecule has 90 valence electrons. The van der Waals surface area contributed by atoms with Crippen LogP contribution in [0.25, 0.3) is 0 Å². The number of hydrogen-bond donors (Lipinski definition) is 1. The van der Waals surface area contributed by atoms with Crippen molar-refractivity contribution in [1.82, 2.24) is 24.6 Å². The minimum absolute atomic E-state index is 0.0929. The average Bonchev–Trinajstić information content (AvgIpc) is 2.67. The van der Waals surface area contributed by atoms with Gasteiger partial charge in [-0.25, -0.2) is 9.48 Å². The number of pyridine rings is 1. The lowest BCUT2D eigenvalue weighted by molar-refractivity contribution is 0.534. The first-order valence-corrected chi connectivity index (χ1v) is 5.46. The third-order valence-corrected chi connectivity index (χ3v) is 2.42. The largest absolute Gasteiger partial charge is 0.345 e. The molecule has 0 radical (unpaired) electrons. The van der Waals surface area contributed by atoms with E-state index >= 15 is 0 Å². The van der Waals surface area contributed by atoms with Crippen molar-refractivity contribution in [3.05, 3.63) is 46.9 Å². The van der Waals surface area contributed by atoms with Crippen molar-refractivity contribution in [2.75, 3.05) is 6.54 Å². The van der Waals surface area contributed by atoms with E-state index in [1.54, 1.807) is 13.2 Å². The third-order valence-electron chi connectivity index (χ3n) is 2.42. The maximum Gasteiger partial charge on any atom is 0.345 e. The van der Waals surface area contributed by atoms with Crippen LogP contribution in [0.2, 0.25) is 0 Å². The predicted molar refractivity (Wildman–Crippen MR) is 63.4 cm³/mol. The molecule has 0 unspecified atom stereocenters. The van der Waals surface area contributed by atoms with E-state index in [1.165, 1.54) is 15.6 Å². The molecule has 0 aromatic carbocycles. The van der Waals surface area contributed by atoms with E-state index in [1.807, 2.05) is 18.2 Å². The van der Waals surface area contributed by atoms with Gasteiger partial charge in [0.25, 0.3) is 0 Å². The summed E-state index contributed by atoms with van der Waals surface area (Å²) in [6.45, 7) is 1.95. The van der Waals surface area contributed by atoms with E-state index in [0.29, 0.717) is 19.6 Å². The van der Waals surface area contributed by atoms with Crippen molar-refractivity contribution in [3.63, 3.8) is 0 Å². The summed E-state index contributed by atoms with van der Waals surface area (Å²) < 4.78 is 2.89. The molecule has 0 aliphatic rings. The van der Waals surface area contributed by atoms with E-state index in [0.717, 1.165) is 5.69 Å². The van der Waals surface area contributed by atoms with Crippen molar-refractivity contribution in [2.45, 2.75) is 13.1 Å². The summed E-state index contributed by atoms with van der Waals surface area (Å²) in [5, 5.41) is 7.19. The lowest BCUT2D eigenvalue weighted by Crippen LogP contribution is -2.28. The Morgan fingerprint density at radius 1 is 1.41 bits per heavy atom. The molecule has 2 heterocycles. The second kappa shape index (κ2) is 5.40. The number of hydrogen-bond acceptors (Lipinski definition) is 4. The fourth-order valence-corrected chi connectivity index (χ4v) is 1.48. The summed E-state index contributed by atoms with van der Waals surface area (Å²) in [7, 11) is 1.69. The molecular formula is C11H15N5O. The number of aryl methyl sites for hydroxylation is 1. The average molecular weight is 233 g/mol. The molecule has 0 bridgehead atoms. The van der Waals surface area contributed by atoms with Crippen molar-refractivity contribution in [3.8, 4) is 0 Å². The second-order valence-corrected chi connectivity index (χ2v) is 3.75. The number of nitrogens with one attached hydrogen (secondary N) is 1. The van der Waals surface area contributed by atoms with Crippen LogP contribution in [-0.2, 0) is 20.1 Å². The van der Waals surface area contributed by atoms with Gasteiger partial charge in [0.1, 0.15) is 6.33 Å². The van der Waals surface area contributed by atoms with Gasteiger partial charge in [-0.05, 0) is 12.1 Å². The highest BCUT2D eigenvalue weighted by molar-refractivity contribution is 5.02. The lowest BCUT2D eigenvalue weighted by Gasteiger charge is -2.03. The van der Waals surface area contributed by atoms with Gasteiger partial charge in [0, 0.05) is 26.3 Å². The van der Waals surface area contributed by atoms with Gasteiger partial charge in [-0.2, -0.15) is 5.10 Å². The summed E-state index contributed by atoms with van der Waals surface area (Å²) in [5.74, 6) is 0. The van der Waals surface area contributed by atoms with Crippen LogP contribution in [0, 0.1) is 0 Å². The first-order chi connectivity index (χ1) is 8.27. The van der Waals surface area contributed by atoms with E-state index in [4.69, 9.17) is 0 Å². The van der Waals surface area contributed by atoms with Gasteiger partial charge in [0.05, 0.1) is 12.2 Å². The van der Waals surface area contributed by atoms with Crippen LogP contribution >= 0.6 is 0 Å². The van der Waals surface area contributed by atoms with Crippen LogP contribution < -0.4 is 11.0 Å². The Morgan fingerprint density at radius 3 is 2.94 bits per heavy atom. The third kappa shape index (κ3) is 3.01. The normalized spacial score (nSPS) is 10.6. The van der Waals surface area contributed by atoms with Gasteiger partial charge >= 0.3 is 5.69 Å². The van der Waals surface area contributed by atoms with Crippen molar-refractivity contribution >= 4 is 0 Å². The first-order valence-electron chi connectivity index (χ1n) is 5.46. The molecule has 0 aliphatic heterocycles. The molecule has 6 nitrogen and oxygen atoms in total. The van der Waals surface area contributed by atoms with E-state index in [9.17, 15) is 4.79 Å². The highest BCUT2D eigenvalue weighted by Crippen LogP contribution is 1.91. The van der Waals surface area contributed by atoms with Crippen molar-refractivity contribution in [1.29, 1.82) is 0 Å². The topological polar surface area (TPSA) is 64.7 Å². The molecule has 2 rings (SSSR count). The van der Waals surface area contributed by atoms with Crippen LogP contribution in [0.1, 0.15) is 5.69 Å². The zero-order valence-electron chi connectivity index (χ0n) is 9.71. The Kier molecular flexibility index (Phi) is 3.66. The summed E-state index contributed by atoms with van der Waals surface area (Å²) in [4.78, 5) is 15.7. The quantitative estimate of drug-likeness (QED) is 0.724. The molecule has 0 saturated carbocycles. The maximum atomic E-state index is 11.5. The van der Waals surface area contributed by atoms with Gasteiger partial charge < -0.3 is 5.32 Å². The highest BCUT2D eigenvalue weighted by Gasteiger charge is 2.00. The molecule has 0 aliphatic carbocycles. The predicted octanol–water partition coefficient (Wildman–Crippen LogP) is -0.233. The van der Waals surface area contributed by atoms with Gasteiger partial charge in [0.2, 0.25) is 0 Å². The highest BCUT2D eigenvalue weighted by atomic mass is 16.2. The van der Waals surface area contributed by atoms with Crippen molar-refractivity contribution < 1.29 is 0 Å². The van der Waals surface area contributed by atoms with Crippen LogP contribution in [-0.4, -0.2) is 25.9 Å². The van der Waals surface area contributed by atoms with E-state index < -0.39 is 0 Å². The Hall–Kier alpha value is -1.95. The molecule has 0 saturated heterocycles. The van der Waals surface area contributed by atoms with Crippen LogP contribution in [0.4, 0.5) is 0 Å². The summed E-state index contributed by atoms with van der Waals surface area (Å²) in [6.07, 6.45) is 3.28. The van der Waals surface area contributed by atoms with E-state index in [-0.39, 0.29) is 5.69 Å². The Bertz CT molecular complexity index is 516. The Morgan fingerprint density at radius 2 is 2.29 bits per heavy atom. The Labute approximate surface area is 98.9 Å². The molecule has 1 N–H and O–H groups in total. The number of nitrogens with zero attached hydrogens (tertiary/aromatic N) is 4. The van der Waals surface area contributed by atoms with Gasteiger partial charge in [0.15, 0.2) is 0 Å². The molecular weight excluding hydrogens is 218 g/mol. The minimum atomic E-state index is -0.0929. The van der Waals surface area contributed by atoms with Gasteiger partial charge in [-0.1, -0.05) is 6.07 Å². The standard InChI is InChI=1S/C11H15N5O/c1-15-9-14-16(11(15)17)7-6-12-8-10-4-2-3-5-13-10/h2-5,9,12H,6-8H2,1H3. The van der Waals surface area contributed by atoms with Crippen LogP contribution in [0.15, 0.2) is 35.5 Å². The summed E-state index contributed by atoms with van der Waals surface area (Å²) in [5.41, 5.74) is 0.894. The fraction of sp³-hybridized carbons (Fsp3) is 0.364. The lowest BCUT2D eigenvalue weighted by atomic mass is 10.3. The minimum Gasteiger partial charge on any atom is -0.309 e. The monoisotopic (exact) mass is 233 g/mol. The van der Waals surface area contributed by atoms with Crippen molar-refractivity contribution in [2.24, 2.45) is 7.05 Å². The molecule has 0 atom stereocenters. The van der Waals surface area contributed by atoms with E-state index in [2.05, 4.69) is 15.4 Å². The summed E-state index contributed by atoms with van der Waals surface area (Å²) >= 11 is 0. The molecule has 0 spiro atoms. The van der Waals surface area contributed by atoms with Gasteiger partial charge in [-0.15, -0.1) is 0 Å². The number of aromatic nitrogens is 4. The molecule has 2 aromatic heterocycles. The smallest absolute Gasteiger partial charge is 0.309 e. The first kappa shape index (κ1) is 11.5. The number of rotatable bonds is 5. The zero-order valence-corrected chi connectivity index (χ0v) is 9.71. The molecule has 6 heteroatoms. The fourth-order valence-electron chi connectivity index (χ4n) is 1.48. The summed E-state index contributed by atoms with van der Waals surface area (Å²) in [6, 6.07) is 5.80.